The third kappa shape index (κ3) is 3.56. The summed E-state index contributed by atoms with van der Waals surface area (Å²) in [5.41, 5.74) is 6.59. The maximum absolute atomic E-state index is 11.0. The van der Waals surface area contributed by atoms with Gasteiger partial charge in [-0.15, -0.1) is 0 Å². The van der Waals surface area contributed by atoms with Crippen molar-refractivity contribution in [1.82, 2.24) is 0 Å². The van der Waals surface area contributed by atoms with Crippen LogP contribution in [0.4, 0.5) is 0 Å². The van der Waals surface area contributed by atoms with Crippen LogP contribution in [0.1, 0.15) is 29.0 Å². The zero-order valence-electron chi connectivity index (χ0n) is 15.6. The van der Waals surface area contributed by atoms with E-state index < -0.39 is 5.97 Å². The van der Waals surface area contributed by atoms with Gasteiger partial charge in [0.15, 0.2) is 0 Å². The number of benzene rings is 3. The first-order valence-corrected chi connectivity index (χ1v) is 9.48. The summed E-state index contributed by atoms with van der Waals surface area (Å²) in [5.74, 6) is 0.666. The first-order chi connectivity index (χ1) is 13.8. The summed E-state index contributed by atoms with van der Waals surface area (Å²) in [5, 5.41) is 0. The Hall–Kier alpha value is -3.33. The second-order valence-corrected chi connectivity index (χ2v) is 6.75. The Bertz CT molecular complexity index is 943. The van der Waals surface area contributed by atoms with E-state index in [1.165, 1.54) is 33.9 Å². The Morgan fingerprint density at radius 3 is 2.07 bits per heavy atom. The van der Waals surface area contributed by atoms with Crippen molar-refractivity contribution >= 4 is 5.97 Å². The molecule has 0 radical (unpaired) electrons. The summed E-state index contributed by atoms with van der Waals surface area (Å²) in [6, 6.07) is 25.5. The predicted octanol–water partition coefficient (Wildman–Crippen LogP) is 5.35. The van der Waals surface area contributed by atoms with Gasteiger partial charge in [-0.3, -0.25) is 0 Å². The van der Waals surface area contributed by atoms with Gasteiger partial charge in [-0.05, 0) is 39.9 Å². The van der Waals surface area contributed by atoms with Crippen LogP contribution in [0.5, 0.6) is 5.75 Å². The molecule has 1 aliphatic carbocycles. The van der Waals surface area contributed by atoms with Crippen molar-refractivity contribution in [2.24, 2.45) is 0 Å². The fraction of sp³-hybridized carbons (Fsp3) is 0.160. The lowest BCUT2D eigenvalue weighted by atomic mass is 9.89. The highest BCUT2D eigenvalue weighted by Crippen LogP contribution is 2.47. The van der Waals surface area contributed by atoms with Crippen LogP contribution in [-0.2, 0) is 9.53 Å². The summed E-state index contributed by atoms with van der Waals surface area (Å²) < 4.78 is 10.7. The highest BCUT2D eigenvalue weighted by Gasteiger charge is 2.28. The molecular formula is C25H22O3. The van der Waals surface area contributed by atoms with Gasteiger partial charge >= 0.3 is 5.97 Å². The van der Waals surface area contributed by atoms with Gasteiger partial charge in [0.05, 0.1) is 13.2 Å². The van der Waals surface area contributed by atoms with Crippen molar-refractivity contribution in [1.29, 1.82) is 0 Å². The lowest BCUT2D eigenvalue weighted by Crippen LogP contribution is -2.06. The molecule has 0 bridgehead atoms. The molecular weight excluding hydrogens is 348 g/mol. The topological polar surface area (TPSA) is 35.5 Å². The molecule has 3 aromatic carbocycles. The van der Waals surface area contributed by atoms with Crippen LogP contribution >= 0.6 is 0 Å². The number of carbonyl (C=O) groups excluding carboxylic acids is 1. The van der Waals surface area contributed by atoms with E-state index in [-0.39, 0.29) is 5.92 Å². The number of esters is 1. The quantitative estimate of drug-likeness (QED) is 0.250. The smallest absolute Gasteiger partial charge is 0.330 e. The predicted molar refractivity (Wildman–Crippen MR) is 111 cm³/mol. The molecule has 3 aromatic rings. The molecule has 0 amide bonds. The van der Waals surface area contributed by atoms with Gasteiger partial charge in [-0.2, -0.15) is 0 Å². The molecule has 0 atom stereocenters. The Morgan fingerprint density at radius 2 is 1.46 bits per heavy atom. The van der Waals surface area contributed by atoms with E-state index in [2.05, 4.69) is 67.2 Å². The molecule has 4 rings (SSSR count). The Balaban J connectivity index is 1.46. The van der Waals surface area contributed by atoms with Crippen molar-refractivity contribution in [3.63, 3.8) is 0 Å². The number of hydrogen-bond donors (Lipinski definition) is 0. The van der Waals surface area contributed by atoms with E-state index in [9.17, 15) is 4.79 Å². The van der Waals surface area contributed by atoms with Gasteiger partial charge in [-0.25, -0.2) is 4.79 Å². The summed E-state index contributed by atoms with van der Waals surface area (Å²) >= 11 is 0. The second kappa shape index (κ2) is 8.13. The van der Waals surface area contributed by atoms with Crippen LogP contribution in [0.2, 0.25) is 0 Å². The molecule has 0 heterocycles. The fourth-order valence-electron chi connectivity index (χ4n) is 3.75. The van der Waals surface area contributed by atoms with Crippen molar-refractivity contribution in [2.45, 2.75) is 12.3 Å². The average molecular weight is 370 g/mol. The van der Waals surface area contributed by atoms with E-state index in [1.807, 2.05) is 12.1 Å². The third-order valence-corrected chi connectivity index (χ3v) is 5.02. The van der Waals surface area contributed by atoms with Gasteiger partial charge < -0.3 is 9.47 Å². The van der Waals surface area contributed by atoms with E-state index in [0.29, 0.717) is 19.6 Å². The average Bonchev–Trinajstić information content (AvgIpc) is 3.08. The molecule has 1 aliphatic rings. The van der Waals surface area contributed by atoms with Crippen molar-refractivity contribution in [2.75, 3.05) is 13.2 Å². The summed E-state index contributed by atoms with van der Waals surface area (Å²) in [7, 11) is 0. The molecule has 0 unspecified atom stereocenters. The number of carbonyl (C=O) groups is 1. The fourth-order valence-corrected chi connectivity index (χ4v) is 3.75. The third-order valence-electron chi connectivity index (χ3n) is 5.02. The van der Waals surface area contributed by atoms with Crippen LogP contribution in [0.15, 0.2) is 85.5 Å². The zero-order valence-corrected chi connectivity index (χ0v) is 15.6. The highest BCUT2D eigenvalue weighted by atomic mass is 16.5. The zero-order chi connectivity index (χ0) is 19.3. The van der Waals surface area contributed by atoms with Crippen LogP contribution in [0.25, 0.3) is 11.1 Å². The molecule has 0 saturated heterocycles. The monoisotopic (exact) mass is 370 g/mol. The Labute approximate surface area is 165 Å². The Morgan fingerprint density at radius 1 is 0.857 bits per heavy atom. The summed E-state index contributed by atoms with van der Waals surface area (Å²) in [4.78, 5) is 11.0. The summed E-state index contributed by atoms with van der Waals surface area (Å²) in [6.45, 7) is 4.20. The van der Waals surface area contributed by atoms with E-state index in [1.54, 1.807) is 0 Å². The van der Waals surface area contributed by atoms with Crippen LogP contribution in [-0.4, -0.2) is 19.2 Å². The number of hydrogen-bond acceptors (Lipinski definition) is 3. The minimum absolute atomic E-state index is 0.250. The molecule has 28 heavy (non-hydrogen) atoms. The van der Waals surface area contributed by atoms with Crippen LogP contribution in [0, 0.1) is 0 Å². The van der Waals surface area contributed by atoms with Crippen LogP contribution < -0.4 is 4.74 Å². The Kier molecular flexibility index (Phi) is 5.24. The molecule has 0 fully saturated rings. The minimum atomic E-state index is -0.401. The van der Waals surface area contributed by atoms with Gasteiger partial charge in [0.25, 0.3) is 0 Å². The molecule has 3 nitrogen and oxygen atoms in total. The van der Waals surface area contributed by atoms with E-state index in [0.717, 1.165) is 5.75 Å². The van der Waals surface area contributed by atoms with Crippen LogP contribution in [0.3, 0.4) is 0 Å². The number of fused-ring (bicyclic) bond motifs is 3. The lowest BCUT2D eigenvalue weighted by molar-refractivity contribution is -0.137. The number of ether oxygens (including phenoxy) is 2. The molecule has 140 valence electrons. The molecule has 0 saturated carbocycles. The first kappa shape index (κ1) is 18.1. The van der Waals surface area contributed by atoms with E-state index >= 15 is 0 Å². The summed E-state index contributed by atoms with van der Waals surface area (Å²) in [6.07, 6.45) is 1.81. The molecule has 0 N–H and O–H groups in total. The standard InChI is InChI=1S/C25H22O3/c1-2-24(26)28-17-7-16-27-19-14-12-18(13-15-19)25-22-10-5-3-8-20(22)21-9-4-6-11-23(21)25/h2-6,8-15,25H,1,7,16-17H2. The molecule has 0 spiro atoms. The molecule has 3 heteroatoms. The highest BCUT2D eigenvalue weighted by molar-refractivity contribution is 5.81. The van der Waals surface area contributed by atoms with Crippen molar-refractivity contribution in [3.05, 3.63) is 102 Å². The van der Waals surface area contributed by atoms with E-state index in [4.69, 9.17) is 9.47 Å². The molecule has 0 aromatic heterocycles. The number of rotatable bonds is 7. The second-order valence-electron chi connectivity index (χ2n) is 6.75. The van der Waals surface area contributed by atoms with Crippen molar-refractivity contribution in [3.8, 4) is 16.9 Å². The molecule has 0 aliphatic heterocycles. The minimum Gasteiger partial charge on any atom is -0.493 e. The lowest BCUT2D eigenvalue weighted by Gasteiger charge is -2.15. The SMILES string of the molecule is C=CC(=O)OCCCOc1ccc(C2c3ccccc3-c3ccccc32)cc1. The van der Waals surface area contributed by atoms with Gasteiger partial charge in [0.1, 0.15) is 5.75 Å². The van der Waals surface area contributed by atoms with Gasteiger partial charge in [0, 0.05) is 18.4 Å². The van der Waals surface area contributed by atoms with Crippen molar-refractivity contribution < 1.29 is 14.3 Å². The maximum atomic E-state index is 11.0. The largest absolute Gasteiger partial charge is 0.493 e. The maximum Gasteiger partial charge on any atom is 0.330 e. The first-order valence-electron chi connectivity index (χ1n) is 9.48. The van der Waals surface area contributed by atoms with Gasteiger partial charge in [0.2, 0.25) is 0 Å². The van der Waals surface area contributed by atoms with Gasteiger partial charge in [-0.1, -0.05) is 67.2 Å². The normalized spacial score (nSPS) is 12.1.